The molecule has 0 unspecified atom stereocenters. The van der Waals surface area contributed by atoms with Gasteiger partial charge in [-0.3, -0.25) is 9.59 Å². The molecule has 19 heavy (non-hydrogen) atoms. The lowest BCUT2D eigenvalue weighted by molar-refractivity contribution is -0.114. The lowest BCUT2D eigenvalue weighted by Crippen LogP contribution is -2.25. The summed E-state index contributed by atoms with van der Waals surface area (Å²) in [4.78, 5) is 27.2. The predicted octanol–water partition coefficient (Wildman–Crippen LogP) is 2.15. The Morgan fingerprint density at radius 2 is 2.16 bits per heavy atom. The standard InChI is InChI=1S/C13H13N3O2S/c1-7(17)14-13-16-10-5-2-8(6-11(10)19-13)12(18)15-9-3-4-9/h2,5-6,9H,3-4H2,1H3,(H,15,18)(H,14,16,17). The lowest BCUT2D eigenvalue weighted by atomic mass is 10.2. The molecule has 2 N–H and O–H groups in total. The molecular formula is C13H13N3O2S. The fourth-order valence-electron chi connectivity index (χ4n) is 1.77. The van der Waals surface area contributed by atoms with Gasteiger partial charge in [-0.05, 0) is 31.0 Å². The van der Waals surface area contributed by atoms with Gasteiger partial charge in [0.15, 0.2) is 5.13 Å². The number of anilines is 1. The minimum Gasteiger partial charge on any atom is -0.349 e. The zero-order chi connectivity index (χ0) is 13.4. The number of nitrogens with zero attached hydrogens (tertiary/aromatic N) is 1. The van der Waals surface area contributed by atoms with Crippen molar-refractivity contribution in [2.75, 3.05) is 5.32 Å². The number of hydrogen-bond acceptors (Lipinski definition) is 4. The first-order chi connectivity index (χ1) is 9.11. The van der Waals surface area contributed by atoms with Crippen LogP contribution in [0.2, 0.25) is 0 Å². The summed E-state index contributed by atoms with van der Waals surface area (Å²) in [6, 6.07) is 5.73. The highest BCUT2D eigenvalue weighted by Crippen LogP contribution is 2.27. The van der Waals surface area contributed by atoms with E-state index in [4.69, 9.17) is 0 Å². The van der Waals surface area contributed by atoms with E-state index in [9.17, 15) is 9.59 Å². The summed E-state index contributed by atoms with van der Waals surface area (Å²) in [7, 11) is 0. The van der Waals surface area contributed by atoms with Gasteiger partial charge in [0.2, 0.25) is 5.91 Å². The molecule has 1 aromatic heterocycles. The van der Waals surface area contributed by atoms with Crippen molar-refractivity contribution < 1.29 is 9.59 Å². The molecule has 0 radical (unpaired) electrons. The van der Waals surface area contributed by atoms with Gasteiger partial charge >= 0.3 is 0 Å². The van der Waals surface area contributed by atoms with Crippen LogP contribution in [0.5, 0.6) is 0 Å². The molecule has 3 rings (SSSR count). The first-order valence-electron chi connectivity index (χ1n) is 6.11. The van der Waals surface area contributed by atoms with Crippen LogP contribution in [0, 0.1) is 0 Å². The second kappa shape index (κ2) is 4.62. The van der Waals surface area contributed by atoms with Gasteiger partial charge < -0.3 is 10.6 Å². The molecule has 0 aliphatic heterocycles. The van der Waals surface area contributed by atoms with Crippen LogP contribution in [0.1, 0.15) is 30.1 Å². The smallest absolute Gasteiger partial charge is 0.251 e. The van der Waals surface area contributed by atoms with E-state index in [2.05, 4.69) is 15.6 Å². The van der Waals surface area contributed by atoms with Crippen LogP contribution in [-0.2, 0) is 4.79 Å². The van der Waals surface area contributed by atoms with Gasteiger partial charge in [0.25, 0.3) is 5.91 Å². The number of thiazole rings is 1. The Balaban J connectivity index is 1.86. The van der Waals surface area contributed by atoms with Crippen molar-refractivity contribution in [1.29, 1.82) is 0 Å². The normalized spacial score (nSPS) is 14.4. The predicted molar refractivity (Wildman–Crippen MR) is 74.4 cm³/mol. The van der Waals surface area contributed by atoms with E-state index < -0.39 is 0 Å². The maximum atomic E-state index is 11.9. The molecule has 98 valence electrons. The molecule has 0 atom stereocenters. The van der Waals surface area contributed by atoms with Crippen molar-refractivity contribution in [3.05, 3.63) is 23.8 Å². The number of fused-ring (bicyclic) bond motifs is 1. The lowest BCUT2D eigenvalue weighted by Gasteiger charge is -2.02. The zero-order valence-corrected chi connectivity index (χ0v) is 11.2. The van der Waals surface area contributed by atoms with Crippen LogP contribution in [0.15, 0.2) is 18.2 Å². The van der Waals surface area contributed by atoms with Gasteiger partial charge in [-0.2, -0.15) is 0 Å². The molecule has 5 nitrogen and oxygen atoms in total. The van der Waals surface area contributed by atoms with E-state index in [1.807, 2.05) is 6.07 Å². The van der Waals surface area contributed by atoms with Gasteiger partial charge in [-0.15, -0.1) is 0 Å². The highest BCUT2D eigenvalue weighted by molar-refractivity contribution is 7.22. The number of hydrogen-bond donors (Lipinski definition) is 2. The van der Waals surface area contributed by atoms with E-state index in [0.717, 1.165) is 23.1 Å². The summed E-state index contributed by atoms with van der Waals surface area (Å²) >= 11 is 1.37. The van der Waals surface area contributed by atoms with Crippen LogP contribution in [-0.4, -0.2) is 22.8 Å². The Morgan fingerprint density at radius 3 is 2.84 bits per heavy atom. The average Bonchev–Trinajstić information content (AvgIpc) is 3.06. The third-order valence-electron chi connectivity index (χ3n) is 2.85. The van der Waals surface area contributed by atoms with Crippen molar-refractivity contribution in [3.63, 3.8) is 0 Å². The number of aromatic nitrogens is 1. The van der Waals surface area contributed by atoms with E-state index in [1.54, 1.807) is 12.1 Å². The Morgan fingerprint density at radius 1 is 1.37 bits per heavy atom. The van der Waals surface area contributed by atoms with Crippen LogP contribution in [0.25, 0.3) is 10.2 Å². The van der Waals surface area contributed by atoms with Crippen LogP contribution in [0.3, 0.4) is 0 Å². The van der Waals surface area contributed by atoms with E-state index in [0.29, 0.717) is 16.7 Å². The molecule has 0 spiro atoms. The second-order valence-corrected chi connectivity index (χ2v) is 5.66. The number of nitrogens with one attached hydrogen (secondary N) is 2. The summed E-state index contributed by atoms with van der Waals surface area (Å²) < 4.78 is 0.896. The maximum Gasteiger partial charge on any atom is 0.251 e. The van der Waals surface area contributed by atoms with Crippen molar-refractivity contribution in [1.82, 2.24) is 10.3 Å². The topological polar surface area (TPSA) is 71.1 Å². The second-order valence-electron chi connectivity index (χ2n) is 4.63. The first-order valence-corrected chi connectivity index (χ1v) is 6.92. The molecule has 2 aromatic rings. The summed E-state index contributed by atoms with van der Waals surface area (Å²) in [5.74, 6) is -0.190. The monoisotopic (exact) mass is 275 g/mol. The van der Waals surface area contributed by atoms with Crippen LogP contribution < -0.4 is 10.6 Å². The van der Waals surface area contributed by atoms with Gasteiger partial charge in [-0.25, -0.2) is 4.98 Å². The summed E-state index contributed by atoms with van der Waals surface area (Å²) in [6.07, 6.45) is 2.14. The highest BCUT2D eigenvalue weighted by atomic mass is 32.1. The molecular weight excluding hydrogens is 262 g/mol. The van der Waals surface area contributed by atoms with E-state index >= 15 is 0 Å². The zero-order valence-electron chi connectivity index (χ0n) is 10.4. The third-order valence-corrected chi connectivity index (χ3v) is 3.78. The maximum absolute atomic E-state index is 11.9. The Labute approximate surface area is 114 Å². The van der Waals surface area contributed by atoms with E-state index in [-0.39, 0.29) is 11.8 Å². The molecule has 1 aliphatic rings. The Hall–Kier alpha value is -1.95. The Kier molecular flexibility index (Phi) is 2.94. The summed E-state index contributed by atoms with van der Waals surface area (Å²) in [6.45, 7) is 1.45. The number of benzene rings is 1. The molecule has 1 fully saturated rings. The minimum absolute atomic E-state index is 0.0427. The number of carbonyl (C=O) groups is 2. The molecule has 0 bridgehead atoms. The highest BCUT2D eigenvalue weighted by Gasteiger charge is 2.23. The molecule has 1 heterocycles. The Bertz CT molecular complexity index is 661. The molecule has 2 amide bonds. The molecule has 1 saturated carbocycles. The van der Waals surface area contributed by atoms with Crippen molar-refractivity contribution >= 4 is 38.5 Å². The quantitative estimate of drug-likeness (QED) is 0.901. The van der Waals surface area contributed by atoms with Crippen molar-refractivity contribution in [2.24, 2.45) is 0 Å². The van der Waals surface area contributed by atoms with Gasteiger partial charge in [0.05, 0.1) is 10.2 Å². The number of rotatable bonds is 3. The molecule has 6 heteroatoms. The fourth-order valence-corrected chi connectivity index (χ4v) is 2.72. The number of amides is 2. The van der Waals surface area contributed by atoms with Crippen molar-refractivity contribution in [3.8, 4) is 0 Å². The molecule has 0 saturated heterocycles. The largest absolute Gasteiger partial charge is 0.349 e. The third kappa shape index (κ3) is 2.73. The fraction of sp³-hybridized carbons (Fsp3) is 0.308. The SMILES string of the molecule is CC(=O)Nc1nc2ccc(C(=O)NC3CC3)cc2s1. The van der Waals surface area contributed by atoms with E-state index in [1.165, 1.54) is 18.3 Å². The molecule has 1 aromatic carbocycles. The van der Waals surface area contributed by atoms with Gasteiger partial charge in [0.1, 0.15) is 0 Å². The number of carbonyl (C=O) groups excluding carboxylic acids is 2. The minimum atomic E-state index is -0.147. The average molecular weight is 275 g/mol. The van der Waals surface area contributed by atoms with Crippen molar-refractivity contribution in [2.45, 2.75) is 25.8 Å². The van der Waals surface area contributed by atoms with Crippen LogP contribution >= 0.6 is 11.3 Å². The summed E-state index contributed by atoms with van der Waals surface area (Å²) in [5, 5.41) is 6.16. The first kappa shape index (κ1) is 12.1. The summed E-state index contributed by atoms with van der Waals surface area (Å²) in [5.41, 5.74) is 1.43. The van der Waals surface area contributed by atoms with Gasteiger partial charge in [0, 0.05) is 18.5 Å². The molecule has 1 aliphatic carbocycles. The van der Waals surface area contributed by atoms with Crippen LogP contribution in [0.4, 0.5) is 5.13 Å². The van der Waals surface area contributed by atoms with Gasteiger partial charge in [-0.1, -0.05) is 11.3 Å².